The van der Waals surface area contributed by atoms with Crippen LogP contribution < -0.4 is 4.74 Å². The van der Waals surface area contributed by atoms with Crippen LogP contribution in [0.25, 0.3) is 0 Å². The molecule has 0 spiro atoms. The number of benzene rings is 2. The number of ether oxygens (including phenoxy) is 1. The fraction of sp³-hybridized carbons (Fsp3) is 0.316. The number of carbonyl (C=O) groups is 1. The van der Waals surface area contributed by atoms with E-state index in [1.165, 1.54) is 10.5 Å². The molecule has 3 rings (SSSR count). The van der Waals surface area contributed by atoms with Gasteiger partial charge in [0.2, 0.25) is 0 Å². The molecule has 0 bridgehead atoms. The zero-order valence-electron chi connectivity index (χ0n) is 12.7. The third-order valence-corrected chi connectivity index (χ3v) is 4.71. The van der Waals surface area contributed by atoms with E-state index >= 15 is 0 Å². The zero-order chi connectivity index (χ0) is 15.4. The fourth-order valence-corrected chi connectivity index (χ4v) is 2.98. The van der Waals surface area contributed by atoms with E-state index in [-0.39, 0.29) is 0 Å². The van der Waals surface area contributed by atoms with E-state index in [9.17, 15) is 4.79 Å². The van der Waals surface area contributed by atoms with Crippen molar-refractivity contribution in [2.24, 2.45) is 5.92 Å². The number of hydrogen-bond acceptors (Lipinski definition) is 3. The highest BCUT2D eigenvalue weighted by molar-refractivity contribution is 7.99. The Morgan fingerprint density at radius 1 is 1.09 bits per heavy atom. The lowest BCUT2D eigenvalue weighted by atomic mass is 10.1. The van der Waals surface area contributed by atoms with Crippen LogP contribution in [0.3, 0.4) is 0 Å². The second-order valence-electron chi connectivity index (χ2n) is 5.67. The van der Waals surface area contributed by atoms with Gasteiger partial charge in [0, 0.05) is 22.1 Å². The fourth-order valence-electron chi connectivity index (χ4n) is 2.25. The van der Waals surface area contributed by atoms with Crippen molar-refractivity contribution in [3.8, 4) is 5.75 Å². The van der Waals surface area contributed by atoms with Gasteiger partial charge in [-0.25, -0.2) is 0 Å². The second kappa shape index (κ2) is 7.01. The first-order valence-electron chi connectivity index (χ1n) is 7.69. The third kappa shape index (κ3) is 4.14. The Hall–Kier alpha value is -1.74. The van der Waals surface area contributed by atoms with Crippen LogP contribution in [0, 0.1) is 12.8 Å². The van der Waals surface area contributed by atoms with Crippen molar-refractivity contribution >= 4 is 17.5 Å². The van der Waals surface area contributed by atoms with Gasteiger partial charge in [0.25, 0.3) is 0 Å². The maximum absolute atomic E-state index is 11.9. The van der Waals surface area contributed by atoms with E-state index < -0.39 is 0 Å². The standard InChI is InChI=1S/C19H20O2S/c1-14-2-8-17(9-3-14)21-12-13-22-18-10-6-16(7-11-18)19(20)15-4-5-15/h2-3,6-11,15H,4-5,12-13H2,1H3. The Bertz CT molecular complexity index is 627. The van der Waals surface area contributed by atoms with E-state index in [4.69, 9.17) is 4.74 Å². The predicted molar refractivity (Wildman–Crippen MR) is 90.9 cm³/mol. The van der Waals surface area contributed by atoms with Crippen LogP contribution in [0.4, 0.5) is 0 Å². The number of aryl methyl sites for hydroxylation is 1. The molecule has 2 aromatic carbocycles. The molecular formula is C19H20O2S. The van der Waals surface area contributed by atoms with Crippen LogP contribution in [-0.4, -0.2) is 18.1 Å². The van der Waals surface area contributed by atoms with Crippen LogP contribution in [0.15, 0.2) is 53.4 Å². The number of thioether (sulfide) groups is 1. The highest BCUT2D eigenvalue weighted by Gasteiger charge is 2.30. The average molecular weight is 312 g/mol. The summed E-state index contributed by atoms with van der Waals surface area (Å²) in [7, 11) is 0. The molecule has 3 heteroatoms. The summed E-state index contributed by atoms with van der Waals surface area (Å²) >= 11 is 1.75. The van der Waals surface area contributed by atoms with Gasteiger partial charge in [-0.3, -0.25) is 4.79 Å². The summed E-state index contributed by atoms with van der Waals surface area (Å²) in [5.74, 6) is 2.40. The summed E-state index contributed by atoms with van der Waals surface area (Å²) in [6.07, 6.45) is 2.12. The van der Waals surface area contributed by atoms with E-state index in [1.807, 2.05) is 36.4 Å². The minimum absolute atomic E-state index is 0.293. The van der Waals surface area contributed by atoms with E-state index in [1.54, 1.807) is 11.8 Å². The smallest absolute Gasteiger partial charge is 0.165 e. The molecule has 1 fully saturated rings. The SMILES string of the molecule is Cc1ccc(OCCSc2ccc(C(=O)C3CC3)cc2)cc1. The van der Waals surface area contributed by atoms with Crippen molar-refractivity contribution in [2.75, 3.05) is 12.4 Å². The third-order valence-electron chi connectivity index (χ3n) is 3.73. The van der Waals surface area contributed by atoms with E-state index in [2.05, 4.69) is 19.1 Å². The summed E-state index contributed by atoms with van der Waals surface area (Å²) in [5, 5.41) is 0. The second-order valence-corrected chi connectivity index (χ2v) is 6.84. The van der Waals surface area contributed by atoms with Gasteiger partial charge in [-0.2, -0.15) is 0 Å². The first-order chi connectivity index (χ1) is 10.7. The molecule has 0 saturated heterocycles. The lowest BCUT2D eigenvalue weighted by Crippen LogP contribution is -2.01. The molecule has 1 aliphatic carbocycles. The Labute approximate surface area is 135 Å². The molecule has 0 aliphatic heterocycles. The molecule has 1 saturated carbocycles. The topological polar surface area (TPSA) is 26.3 Å². The lowest BCUT2D eigenvalue weighted by Gasteiger charge is -2.07. The highest BCUT2D eigenvalue weighted by atomic mass is 32.2. The van der Waals surface area contributed by atoms with Gasteiger partial charge < -0.3 is 4.74 Å². The monoisotopic (exact) mass is 312 g/mol. The molecule has 0 aromatic heterocycles. The van der Waals surface area contributed by atoms with Gasteiger partial charge in [-0.05, 0) is 44.0 Å². The molecular weight excluding hydrogens is 292 g/mol. The van der Waals surface area contributed by atoms with Crippen LogP contribution in [-0.2, 0) is 0 Å². The first-order valence-corrected chi connectivity index (χ1v) is 8.67. The largest absolute Gasteiger partial charge is 0.493 e. The van der Waals surface area contributed by atoms with Gasteiger partial charge in [-0.1, -0.05) is 29.8 Å². The number of rotatable bonds is 7. The minimum Gasteiger partial charge on any atom is -0.493 e. The number of Topliss-reactive ketones (excluding diaryl/α,β-unsaturated/α-hetero) is 1. The minimum atomic E-state index is 0.293. The molecule has 2 aromatic rings. The summed E-state index contributed by atoms with van der Waals surface area (Å²) < 4.78 is 5.71. The van der Waals surface area contributed by atoms with Gasteiger partial charge in [0.1, 0.15) is 5.75 Å². The number of hydrogen-bond donors (Lipinski definition) is 0. The van der Waals surface area contributed by atoms with Crippen molar-refractivity contribution < 1.29 is 9.53 Å². The molecule has 0 heterocycles. The van der Waals surface area contributed by atoms with Gasteiger partial charge in [0.15, 0.2) is 5.78 Å². The van der Waals surface area contributed by atoms with Crippen LogP contribution in [0.5, 0.6) is 5.75 Å². The van der Waals surface area contributed by atoms with Crippen molar-refractivity contribution in [1.82, 2.24) is 0 Å². The summed E-state index contributed by atoms with van der Waals surface area (Å²) in [6, 6.07) is 16.1. The molecule has 0 atom stereocenters. The van der Waals surface area contributed by atoms with E-state index in [0.29, 0.717) is 18.3 Å². The Morgan fingerprint density at radius 2 is 1.77 bits per heavy atom. The molecule has 2 nitrogen and oxygen atoms in total. The Morgan fingerprint density at radius 3 is 2.41 bits per heavy atom. The highest BCUT2D eigenvalue weighted by Crippen LogP contribution is 2.33. The molecule has 0 amide bonds. The molecule has 0 N–H and O–H groups in total. The average Bonchev–Trinajstić information content (AvgIpc) is 3.38. The summed E-state index contributed by atoms with van der Waals surface area (Å²) in [5.41, 5.74) is 2.09. The normalized spacial score (nSPS) is 13.9. The quantitative estimate of drug-likeness (QED) is 0.419. The van der Waals surface area contributed by atoms with Crippen molar-refractivity contribution in [2.45, 2.75) is 24.7 Å². The van der Waals surface area contributed by atoms with Crippen LogP contribution in [0.2, 0.25) is 0 Å². The van der Waals surface area contributed by atoms with Gasteiger partial charge >= 0.3 is 0 Å². The van der Waals surface area contributed by atoms with Crippen molar-refractivity contribution in [3.05, 3.63) is 59.7 Å². The van der Waals surface area contributed by atoms with Gasteiger partial charge in [-0.15, -0.1) is 11.8 Å². The van der Waals surface area contributed by atoms with Crippen LogP contribution in [0.1, 0.15) is 28.8 Å². The maximum Gasteiger partial charge on any atom is 0.165 e. The Balaban J connectivity index is 1.43. The lowest BCUT2D eigenvalue weighted by molar-refractivity contribution is 0.0967. The molecule has 0 unspecified atom stereocenters. The number of carbonyl (C=O) groups excluding carboxylic acids is 1. The predicted octanol–water partition coefficient (Wildman–Crippen LogP) is 4.76. The van der Waals surface area contributed by atoms with Crippen molar-refractivity contribution in [1.29, 1.82) is 0 Å². The molecule has 114 valence electrons. The molecule has 1 aliphatic rings. The summed E-state index contributed by atoms with van der Waals surface area (Å²) in [6.45, 7) is 2.74. The summed E-state index contributed by atoms with van der Waals surface area (Å²) in [4.78, 5) is 13.1. The molecule has 0 radical (unpaired) electrons. The van der Waals surface area contributed by atoms with Crippen molar-refractivity contribution in [3.63, 3.8) is 0 Å². The first kappa shape index (κ1) is 15.2. The van der Waals surface area contributed by atoms with Gasteiger partial charge in [0.05, 0.1) is 6.61 Å². The zero-order valence-corrected chi connectivity index (χ0v) is 13.6. The molecule has 22 heavy (non-hydrogen) atoms. The van der Waals surface area contributed by atoms with E-state index in [0.717, 1.165) is 29.9 Å². The van der Waals surface area contributed by atoms with Crippen LogP contribution >= 0.6 is 11.8 Å². The Kier molecular flexibility index (Phi) is 4.84. The number of ketones is 1. The maximum atomic E-state index is 11.9.